The van der Waals surface area contributed by atoms with Crippen LogP contribution in [0.1, 0.15) is 18.5 Å². The molecule has 1 aromatic carbocycles. The summed E-state index contributed by atoms with van der Waals surface area (Å²) in [6.45, 7) is 2.03. The zero-order valence-corrected chi connectivity index (χ0v) is 13.6. The van der Waals surface area contributed by atoms with Crippen LogP contribution in [0.2, 0.25) is 0 Å². The van der Waals surface area contributed by atoms with Crippen LogP contribution in [0.3, 0.4) is 0 Å². The minimum absolute atomic E-state index is 0.0303. The Morgan fingerprint density at radius 2 is 2.10 bits per heavy atom. The third-order valence-corrected chi connectivity index (χ3v) is 6.90. The molecule has 21 heavy (non-hydrogen) atoms. The molecule has 1 amide bonds. The SMILES string of the molecule is CCS(=O)(=O)C1CSCCN1C(=O)[C@H](N)c1ccccc1. The van der Waals surface area contributed by atoms with Gasteiger partial charge in [-0.05, 0) is 5.56 Å². The topological polar surface area (TPSA) is 80.5 Å². The highest BCUT2D eigenvalue weighted by Gasteiger charge is 2.37. The number of thioether (sulfide) groups is 1. The summed E-state index contributed by atoms with van der Waals surface area (Å²) in [5.74, 6) is 0.873. The third-order valence-electron chi connectivity index (χ3n) is 3.61. The molecule has 1 unspecified atom stereocenters. The van der Waals surface area contributed by atoms with Crippen molar-refractivity contribution in [1.29, 1.82) is 0 Å². The largest absolute Gasteiger partial charge is 0.322 e. The highest BCUT2D eigenvalue weighted by Crippen LogP contribution is 2.24. The summed E-state index contributed by atoms with van der Waals surface area (Å²) in [5, 5.41) is -0.761. The first-order chi connectivity index (χ1) is 9.97. The molecule has 1 aromatic rings. The van der Waals surface area contributed by atoms with Crippen molar-refractivity contribution in [1.82, 2.24) is 4.90 Å². The summed E-state index contributed by atoms with van der Waals surface area (Å²) in [6, 6.07) is 8.23. The van der Waals surface area contributed by atoms with Crippen molar-refractivity contribution in [2.45, 2.75) is 18.3 Å². The number of rotatable bonds is 4. The lowest BCUT2D eigenvalue weighted by Gasteiger charge is -2.36. The maximum absolute atomic E-state index is 12.6. The molecule has 7 heteroatoms. The molecule has 1 aliphatic rings. The van der Waals surface area contributed by atoms with E-state index in [1.165, 1.54) is 4.90 Å². The lowest BCUT2D eigenvalue weighted by atomic mass is 10.1. The second-order valence-corrected chi connectivity index (χ2v) is 8.50. The molecule has 0 radical (unpaired) electrons. The molecule has 2 atom stereocenters. The van der Waals surface area contributed by atoms with Gasteiger partial charge in [-0.2, -0.15) is 11.8 Å². The molecule has 116 valence electrons. The lowest BCUT2D eigenvalue weighted by molar-refractivity contribution is -0.133. The van der Waals surface area contributed by atoms with Gasteiger partial charge in [0.15, 0.2) is 9.84 Å². The maximum atomic E-state index is 12.6. The Balaban J connectivity index is 2.23. The van der Waals surface area contributed by atoms with E-state index < -0.39 is 21.3 Å². The van der Waals surface area contributed by atoms with Gasteiger partial charge in [0.05, 0.1) is 0 Å². The van der Waals surface area contributed by atoms with Crippen LogP contribution in [-0.2, 0) is 14.6 Å². The molecule has 5 nitrogen and oxygen atoms in total. The zero-order valence-electron chi connectivity index (χ0n) is 11.9. The molecule has 1 fully saturated rings. The van der Waals surface area contributed by atoms with Crippen LogP contribution in [0, 0.1) is 0 Å². The highest BCUT2D eigenvalue weighted by molar-refractivity contribution is 8.01. The van der Waals surface area contributed by atoms with Crippen LogP contribution in [0.4, 0.5) is 0 Å². The number of benzene rings is 1. The Kier molecular flexibility index (Phi) is 5.29. The van der Waals surface area contributed by atoms with E-state index in [1.807, 2.05) is 18.2 Å². The van der Waals surface area contributed by atoms with E-state index in [0.717, 1.165) is 5.75 Å². The van der Waals surface area contributed by atoms with Gasteiger partial charge in [-0.1, -0.05) is 37.3 Å². The van der Waals surface area contributed by atoms with E-state index in [1.54, 1.807) is 30.8 Å². The molecule has 2 N–H and O–H groups in total. The van der Waals surface area contributed by atoms with Crippen molar-refractivity contribution in [3.05, 3.63) is 35.9 Å². The van der Waals surface area contributed by atoms with Crippen LogP contribution in [0.25, 0.3) is 0 Å². The van der Waals surface area contributed by atoms with E-state index >= 15 is 0 Å². The molecule has 1 aliphatic heterocycles. The summed E-state index contributed by atoms with van der Waals surface area (Å²) < 4.78 is 24.4. The maximum Gasteiger partial charge on any atom is 0.245 e. The molecular weight excluding hydrogens is 308 g/mol. The summed E-state index contributed by atoms with van der Waals surface area (Å²) in [4.78, 5) is 14.0. The van der Waals surface area contributed by atoms with Gasteiger partial charge in [0.1, 0.15) is 11.4 Å². The first kappa shape index (κ1) is 16.3. The minimum Gasteiger partial charge on any atom is -0.322 e. The smallest absolute Gasteiger partial charge is 0.245 e. The van der Waals surface area contributed by atoms with Crippen LogP contribution in [0.5, 0.6) is 0 Å². The quantitative estimate of drug-likeness (QED) is 0.892. The van der Waals surface area contributed by atoms with Gasteiger partial charge in [0, 0.05) is 23.8 Å². The molecule has 0 aromatic heterocycles. The summed E-state index contributed by atoms with van der Waals surface area (Å²) in [6.07, 6.45) is 0. The van der Waals surface area contributed by atoms with Gasteiger partial charge in [-0.25, -0.2) is 8.42 Å². The normalized spacial score (nSPS) is 21.0. The molecule has 0 saturated carbocycles. The Labute approximate surface area is 129 Å². The second-order valence-electron chi connectivity index (χ2n) is 4.90. The number of amides is 1. The number of hydrogen-bond acceptors (Lipinski definition) is 5. The minimum atomic E-state index is -3.30. The van der Waals surface area contributed by atoms with Gasteiger partial charge in [-0.15, -0.1) is 0 Å². The number of hydrogen-bond donors (Lipinski definition) is 1. The summed E-state index contributed by atoms with van der Waals surface area (Å²) in [5.41, 5.74) is 6.73. The van der Waals surface area contributed by atoms with E-state index in [0.29, 0.717) is 17.9 Å². The Hall–Kier alpha value is -1.05. The van der Waals surface area contributed by atoms with Crippen LogP contribution in [0.15, 0.2) is 30.3 Å². The predicted octanol–water partition coefficient (Wildman–Crippen LogP) is 1.02. The zero-order chi connectivity index (χ0) is 15.5. The fraction of sp³-hybridized carbons (Fsp3) is 0.500. The molecule has 0 bridgehead atoms. The van der Waals surface area contributed by atoms with E-state index in [9.17, 15) is 13.2 Å². The average molecular weight is 328 g/mol. The van der Waals surface area contributed by atoms with Crippen molar-refractivity contribution < 1.29 is 13.2 Å². The van der Waals surface area contributed by atoms with Gasteiger partial charge in [0.25, 0.3) is 0 Å². The summed E-state index contributed by atoms with van der Waals surface area (Å²) >= 11 is 1.56. The Bertz CT molecular complexity index is 589. The third kappa shape index (κ3) is 3.59. The fourth-order valence-electron chi connectivity index (χ4n) is 2.30. The second kappa shape index (κ2) is 6.81. The van der Waals surface area contributed by atoms with Crippen LogP contribution >= 0.6 is 11.8 Å². The summed E-state index contributed by atoms with van der Waals surface area (Å²) in [7, 11) is -3.30. The Morgan fingerprint density at radius 3 is 2.71 bits per heavy atom. The van der Waals surface area contributed by atoms with Crippen molar-refractivity contribution in [3.63, 3.8) is 0 Å². The molecule has 1 saturated heterocycles. The lowest BCUT2D eigenvalue weighted by Crippen LogP contribution is -2.53. The monoisotopic (exact) mass is 328 g/mol. The van der Waals surface area contributed by atoms with Crippen molar-refractivity contribution in [2.24, 2.45) is 5.73 Å². The van der Waals surface area contributed by atoms with Gasteiger partial charge in [-0.3, -0.25) is 4.79 Å². The number of nitrogens with two attached hydrogens (primary N) is 1. The van der Waals surface area contributed by atoms with E-state index in [4.69, 9.17) is 5.73 Å². The first-order valence-corrected chi connectivity index (χ1v) is 9.74. The molecule has 0 spiro atoms. The number of sulfone groups is 1. The predicted molar refractivity (Wildman–Crippen MR) is 85.7 cm³/mol. The average Bonchev–Trinajstić information content (AvgIpc) is 2.54. The van der Waals surface area contributed by atoms with E-state index in [2.05, 4.69) is 0 Å². The van der Waals surface area contributed by atoms with E-state index in [-0.39, 0.29) is 11.7 Å². The van der Waals surface area contributed by atoms with Crippen molar-refractivity contribution >= 4 is 27.5 Å². The molecule has 2 rings (SSSR count). The Morgan fingerprint density at radius 1 is 1.43 bits per heavy atom. The van der Waals surface area contributed by atoms with Crippen LogP contribution < -0.4 is 5.73 Å². The highest BCUT2D eigenvalue weighted by atomic mass is 32.2. The van der Waals surface area contributed by atoms with Gasteiger partial charge >= 0.3 is 0 Å². The van der Waals surface area contributed by atoms with Crippen molar-refractivity contribution in [3.8, 4) is 0 Å². The number of carbonyl (C=O) groups excluding carboxylic acids is 1. The molecule has 1 heterocycles. The first-order valence-electron chi connectivity index (χ1n) is 6.87. The standard InChI is InChI=1S/C14H20N2O3S2/c1-2-21(18,19)12-10-20-9-8-16(12)14(17)13(15)11-6-4-3-5-7-11/h3-7,12-13H,2,8-10,15H2,1H3/t12?,13-/m1/s1. The van der Waals surface area contributed by atoms with Crippen molar-refractivity contribution in [2.75, 3.05) is 23.8 Å². The fourth-order valence-corrected chi connectivity index (χ4v) is 5.28. The molecule has 0 aliphatic carbocycles. The van der Waals surface area contributed by atoms with Gasteiger partial charge < -0.3 is 10.6 Å². The number of carbonyl (C=O) groups is 1. The van der Waals surface area contributed by atoms with Gasteiger partial charge in [0.2, 0.25) is 5.91 Å². The van der Waals surface area contributed by atoms with Crippen LogP contribution in [-0.4, -0.2) is 48.4 Å². The molecular formula is C14H20N2O3S2. The number of nitrogens with zero attached hydrogens (tertiary/aromatic N) is 1.